The van der Waals surface area contributed by atoms with Gasteiger partial charge >= 0.3 is 0 Å². The Morgan fingerprint density at radius 2 is 2.53 bits per heavy atom. The molecule has 94 valence electrons. The van der Waals surface area contributed by atoms with Crippen molar-refractivity contribution in [2.75, 3.05) is 25.0 Å². The number of nitrogens with zero attached hydrogens (tertiary/aromatic N) is 3. The second kappa shape index (κ2) is 5.36. The minimum absolute atomic E-state index is 0.550. The van der Waals surface area contributed by atoms with E-state index in [1.165, 1.54) is 12.8 Å². The fourth-order valence-corrected chi connectivity index (χ4v) is 2.42. The Balaban J connectivity index is 2.16. The van der Waals surface area contributed by atoms with Crippen LogP contribution in [0.2, 0.25) is 0 Å². The van der Waals surface area contributed by atoms with Crippen molar-refractivity contribution in [3.05, 3.63) is 24.5 Å². The predicted octanol–water partition coefficient (Wildman–Crippen LogP) is 1.57. The van der Waals surface area contributed by atoms with E-state index in [-0.39, 0.29) is 0 Å². The molecule has 17 heavy (non-hydrogen) atoms. The van der Waals surface area contributed by atoms with Crippen molar-refractivity contribution in [2.45, 2.75) is 32.4 Å². The summed E-state index contributed by atoms with van der Waals surface area (Å²) < 4.78 is 2.16. The second-order valence-electron chi connectivity index (χ2n) is 4.73. The van der Waals surface area contributed by atoms with E-state index in [9.17, 15) is 0 Å². The van der Waals surface area contributed by atoms with Crippen LogP contribution >= 0.6 is 0 Å². The summed E-state index contributed by atoms with van der Waals surface area (Å²) in [7, 11) is 2.14. The van der Waals surface area contributed by atoms with Gasteiger partial charge in [-0.2, -0.15) is 0 Å². The fraction of sp³-hybridized carbons (Fsp3) is 0.615. The van der Waals surface area contributed by atoms with Crippen LogP contribution in [-0.2, 0) is 6.54 Å². The third-order valence-electron chi connectivity index (χ3n) is 3.34. The minimum Gasteiger partial charge on any atom is -0.341 e. The number of hydrogen-bond acceptors (Lipinski definition) is 3. The van der Waals surface area contributed by atoms with Crippen LogP contribution in [0.5, 0.6) is 0 Å². The summed E-state index contributed by atoms with van der Waals surface area (Å²) in [5.74, 6) is 1.05. The number of hydrogen-bond donors (Lipinski definition) is 1. The smallest absolute Gasteiger partial charge is 0.206 e. The number of rotatable bonds is 4. The van der Waals surface area contributed by atoms with Crippen molar-refractivity contribution in [2.24, 2.45) is 0 Å². The molecule has 1 saturated heterocycles. The first-order chi connectivity index (χ1) is 8.22. The van der Waals surface area contributed by atoms with Crippen molar-refractivity contribution < 1.29 is 0 Å². The SMILES string of the molecule is C=CCn1cc(C)nc1N(C)C1CCCNC1. The van der Waals surface area contributed by atoms with Crippen LogP contribution < -0.4 is 10.2 Å². The van der Waals surface area contributed by atoms with E-state index in [1.807, 2.05) is 13.0 Å². The molecule has 0 aliphatic carbocycles. The fourth-order valence-electron chi connectivity index (χ4n) is 2.42. The molecule has 0 bridgehead atoms. The molecule has 0 saturated carbocycles. The van der Waals surface area contributed by atoms with E-state index < -0.39 is 0 Å². The highest BCUT2D eigenvalue weighted by atomic mass is 15.3. The summed E-state index contributed by atoms with van der Waals surface area (Å²) in [4.78, 5) is 6.91. The van der Waals surface area contributed by atoms with Gasteiger partial charge in [-0.1, -0.05) is 6.08 Å². The maximum Gasteiger partial charge on any atom is 0.206 e. The molecule has 1 aliphatic heterocycles. The molecule has 4 heteroatoms. The normalized spacial score (nSPS) is 20.2. The zero-order valence-electron chi connectivity index (χ0n) is 10.8. The monoisotopic (exact) mass is 234 g/mol. The first-order valence-electron chi connectivity index (χ1n) is 6.30. The molecule has 1 unspecified atom stereocenters. The molecular weight excluding hydrogens is 212 g/mol. The quantitative estimate of drug-likeness (QED) is 0.803. The second-order valence-corrected chi connectivity index (χ2v) is 4.73. The maximum atomic E-state index is 4.62. The van der Waals surface area contributed by atoms with Gasteiger partial charge in [-0.05, 0) is 26.3 Å². The average Bonchev–Trinajstić information content (AvgIpc) is 2.71. The van der Waals surface area contributed by atoms with Gasteiger partial charge < -0.3 is 14.8 Å². The zero-order valence-corrected chi connectivity index (χ0v) is 10.8. The Morgan fingerprint density at radius 3 is 3.18 bits per heavy atom. The van der Waals surface area contributed by atoms with Gasteiger partial charge in [-0.25, -0.2) is 4.98 Å². The molecule has 1 aromatic heterocycles. The lowest BCUT2D eigenvalue weighted by molar-refractivity contribution is 0.439. The molecule has 1 aromatic rings. The molecule has 0 amide bonds. The lowest BCUT2D eigenvalue weighted by Gasteiger charge is -2.32. The van der Waals surface area contributed by atoms with Gasteiger partial charge in [-0.3, -0.25) is 0 Å². The van der Waals surface area contributed by atoms with Gasteiger partial charge in [0.25, 0.3) is 0 Å². The summed E-state index contributed by atoms with van der Waals surface area (Å²) in [6.07, 6.45) is 6.49. The Bertz CT molecular complexity index is 377. The number of likely N-dealkylation sites (N-methyl/N-ethyl adjacent to an activating group) is 1. The third kappa shape index (κ3) is 2.69. The van der Waals surface area contributed by atoms with E-state index >= 15 is 0 Å². The molecular formula is C13H22N4. The van der Waals surface area contributed by atoms with Crippen LogP contribution in [-0.4, -0.2) is 35.7 Å². The van der Waals surface area contributed by atoms with Crippen molar-refractivity contribution in [3.63, 3.8) is 0 Å². The minimum atomic E-state index is 0.550. The van der Waals surface area contributed by atoms with Crippen molar-refractivity contribution in [1.29, 1.82) is 0 Å². The number of nitrogens with one attached hydrogen (secondary N) is 1. The van der Waals surface area contributed by atoms with Gasteiger partial charge in [0.05, 0.1) is 5.69 Å². The molecule has 1 atom stereocenters. The van der Waals surface area contributed by atoms with Crippen LogP contribution in [0, 0.1) is 6.92 Å². The Labute approximate surface area is 103 Å². The van der Waals surface area contributed by atoms with E-state index in [4.69, 9.17) is 0 Å². The average molecular weight is 234 g/mol. The number of imidazole rings is 1. The maximum absolute atomic E-state index is 4.62. The zero-order chi connectivity index (χ0) is 12.3. The topological polar surface area (TPSA) is 33.1 Å². The number of anilines is 1. The van der Waals surface area contributed by atoms with Gasteiger partial charge in [-0.15, -0.1) is 6.58 Å². The first-order valence-corrected chi connectivity index (χ1v) is 6.30. The Morgan fingerprint density at radius 1 is 1.71 bits per heavy atom. The van der Waals surface area contributed by atoms with Crippen LogP contribution in [0.25, 0.3) is 0 Å². The predicted molar refractivity (Wildman–Crippen MR) is 71.5 cm³/mol. The Hall–Kier alpha value is -1.29. The van der Waals surface area contributed by atoms with E-state index in [0.29, 0.717) is 6.04 Å². The molecule has 0 spiro atoms. The summed E-state index contributed by atoms with van der Waals surface area (Å²) in [6.45, 7) is 8.85. The summed E-state index contributed by atoms with van der Waals surface area (Å²) >= 11 is 0. The molecule has 2 rings (SSSR count). The molecule has 1 N–H and O–H groups in total. The highest BCUT2D eigenvalue weighted by Gasteiger charge is 2.21. The summed E-state index contributed by atoms with van der Waals surface area (Å²) in [5.41, 5.74) is 1.07. The van der Waals surface area contributed by atoms with Crippen molar-refractivity contribution in [3.8, 4) is 0 Å². The van der Waals surface area contributed by atoms with Crippen LogP contribution in [0.4, 0.5) is 5.95 Å². The van der Waals surface area contributed by atoms with Gasteiger partial charge in [0.2, 0.25) is 5.95 Å². The molecule has 1 aliphatic rings. The largest absolute Gasteiger partial charge is 0.341 e. The van der Waals surface area contributed by atoms with Gasteiger partial charge in [0, 0.05) is 32.4 Å². The van der Waals surface area contributed by atoms with Crippen LogP contribution in [0.3, 0.4) is 0 Å². The number of aromatic nitrogens is 2. The molecule has 4 nitrogen and oxygen atoms in total. The molecule has 0 radical (unpaired) electrons. The van der Waals surface area contributed by atoms with Crippen molar-refractivity contribution in [1.82, 2.24) is 14.9 Å². The highest BCUT2D eigenvalue weighted by molar-refractivity contribution is 5.34. The highest BCUT2D eigenvalue weighted by Crippen LogP contribution is 2.18. The first kappa shape index (κ1) is 12.2. The number of aryl methyl sites for hydroxylation is 1. The van der Waals surface area contributed by atoms with Crippen LogP contribution in [0.15, 0.2) is 18.9 Å². The number of piperidine rings is 1. The molecule has 1 fully saturated rings. The lowest BCUT2D eigenvalue weighted by atomic mass is 10.1. The number of allylic oxidation sites excluding steroid dienone is 1. The lowest BCUT2D eigenvalue weighted by Crippen LogP contribution is -2.45. The van der Waals surface area contributed by atoms with E-state index in [1.54, 1.807) is 0 Å². The summed E-state index contributed by atoms with van der Waals surface area (Å²) in [5, 5.41) is 3.44. The Kier molecular flexibility index (Phi) is 3.84. The van der Waals surface area contributed by atoms with Gasteiger partial charge in [0.15, 0.2) is 0 Å². The van der Waals surface area contributed by atoms with Gasteiger partial charge in [0.1, 0.15) is 0 Å². The standard InChI is InChI=1S/C13H22N4/c1-4-8-17-10-11(2)15-13(17)16(3)12-6-5-7-14-9-12/h4,10,12,14H,1,5-9H2,2-3H3. The molecule has 0 aromatic carbocycles. The van der Waals surface area contributed by atoms with E-state index in [0.717, 1.165) is 31.3 Å². The van der Waals surface area contributed by atoms with Crippen molar-refractivity contribution >= 4 is 5.95 Å². The third-order valence-corrected chi connectivity index (χ3v) is 3.34. The summed E-state index contributed by atoms with van der Waals surface area (Å²) in [6, 6.07) is 0.550. The van der Waals surface area contributed by atoms with Crippen LogP contribution in [0.1, 0.15) is 18.5 Å². The molecule has 2 heterocycles. The van der Waals surface area contributed by atoms with E-state index in [2.05, 4.69) is 39.6 Å².